The van der Waals surface area contributed by atoms with Gasteiger partial charge in [0.05, 0.1) is 32.2 Å². The largest absolute Gasteiger partial charge is 0.497 e. The fourth-order valence-electron chi connectivity index (χ4n) is 2.83. The number of rotatable bonds is 8. The summed E-state index contributed by atoms with van der Waals surface area (Å²) in [5.74, 6) is 1.40. The van der Waals surface area contributed by atoms with Gasteiger partial charge in [0.1, 0.15) is 23.8 Å². The van der Waals surface area contributed by atoms with Crippen LogP contribution in [0, 0.1) is 0 Å². The van der Waals surface area contributed by atoms with Crippen LogP contribution in [0.2, 0.25) is 0 Å². The van der Waals surface area contributed by atoms with E-state index < -0.39 is 5.91 Å². The number of carbonyl (C=O) groups is 1. The molecule has 0 aliphatic carbocycles. The van der Waals surface area contributed by atoms with Crippen molar-refractivity contribution in [2.45, 2.75) is 13.5 Å². The van der Waals surface area contributed by atoms with E-state index in [2.05, 4.69) is 10.4 Å². The van der Waals surface area contributed by atoms with E-state index >= 15 is 0 Å². The third-order valence-corrected chi connectivity index (χ3v) is 4.30. The fraction of sp³-hybridized carbons (Fsp3) is 0.227. The minimum atomic E-state index is -0.406. The van der Waals surface area contributed by atoms with Crippen molar-refractivity contribution in [2.24, 2.45) is 0 Å². The average Bonchev–Trinajstić information content (AvgIpc) is 2.76. The molecule has 8 heteroatoms. The van der Waals surface area contributed by atoms with E-state index in [0.717, 1.165) is 16.0 Å². The molecule has 1 N–H and O–H groups in total. The Morgan fingerprint density at radius 2 is 1.73 bits per heavy atom. The second-order valence-corrected chi connectivity index (χ2v) is 6.29. The smallest absolute Gasteiger partial charge is 0.267 e. The third kappa shape index (κ3) is 4.96. The van der Waals surface area contributed by atoms with Gasteiger partial charge >= 0.3 is 0 Å². The summed E-state index contributed by atoms with van der Waals surface area (Å²) in [5.41, 5.74) is 1.48. The highest BCUT2D eigenvalue weighted by molar-refractivity contribution is 5.92. The van der Waals surface area contributed by atoms with E-state index in [1.165, 1.54) is 13.2 Å². The Morgan fingerprint density at radius 1 is 1.00 bits per heavy atom. The predicted octanol–water partition coefficient (Wildman–Crippen LogP) is 2.96. The van der Waals surface area contributed by atoms with Gasteiger partial charge in [0.25, 0.3) is 5.56 Å². The number of hydrogen-bond donors (Lipinski definition) is 1. The van der Waals surface area contributed by atoms with Crippen molar-refractivity contribution in [3.8, 4) is 28.5 Å². The molecule has 1 amide bonds. The van der Waals surface area contributed by atoms with Gasteiger partial charge in [-0.25, -0.2) is 4.68 Å². The van der Waals surface area contributed by atoms with E-state index in [1.54, 1.807) is 31.4 Å². The molecular formula is C22H23N3O5. The minimum absolute atomic E-state index is 0.237. The number of amides is 1. The Bertz CT molecular complexity index is 1080. The Balaban J connectivity index is 1.77. The molecule has 0 saturated heterocycles. The molecule has 0 aliphatic heterocycles. The van der Waals surface area contributed by atoms with E-state index in [0.29, 0.717) is 29.5 Å². The summed E-state index contributed by atoms with van der Waals surface area (Å²) in [7, 11) is 3.04. The molecule has 0 aliphatic rings. The van der Waals surface area contributed by atoms with Crippen molar-refractivity contribution in [1.82, 2.24) is 9.78 Å². The first-order valence-electron chi connectivity index (χ1n) is 9.37. The molecule has 3 aromatic rings. The summed E-state index contributed by atoms with van der Waals surface area (Å²) in [6.45, 7) is 2.26. The molecule has 1 heterocycles. The van der Waals surface area contributed by atoms with Crippen molar-refractivity contribution in [3.63, 3.8) is 0 Å². The van der Waals surface area contributed by atoms with Gasteiger partial charge in [-0.05, 0) is 49.4 Å². The first-order valence-corrected chi connectivity index (χ1v) is 9.37. The number of hydrogen-bond acceptors (Lipinski definition) is 6. The van der Waals surface area contributed by atoms with Crippen molar-refractivity contribution in [1.29, 1.82) is 0 Å². The molecule has 0 atom stereocenters. The van der Waals surface area contributed by atoms with Crippen LogP contribution >= 0.6 is 0 Å². The molecule has 0 radical (unpaired) electrons. The molecule has 0 saturated carbocycles. The number of benzene rings is 2. The minimum Gasteiger partial charge on any atom is -0.497 e. The molecule has 0 fully saturated rings. The van der Waals surface area contributed by atoms with Crippen LogP contribution in [0.15, 0.2) is 59.4 Å². The molecule has 1 aromatic heterocycles. The lowest BCUT2D eigenvalue weighted by Gasteiger charge is -2.12. The highest BCUT2D eigenvalue weighted by atomic mass is 16.5. The lowest BCUT2D eigenvalue weighted by molar-refractivity contribution is -0.117. The Morgan fingerprint density at radius 3 is 2.40 bits per heavy atom. The first kappa shape index (κ1) is 20.9. The quantitative estimate of drug-likeness (QED) is 0.615. The highest BCUT2D eigenvalue weighted by Crippen LogP contribution is 2.29. The maximum atomic E-state index is 12.5. The van der Waals surface area contributed by atoms with Crippen molar-refractivity contribution >= 4 is 11.6 Å². The van der Waals surface area contributed by atoms with Crippen LogP contribution in [0.5, 0.6) is 17.2 Å². The molecule has 0 bridgehead atoms. The van der Waals surface area contributed by atoms with E-state index in [4.69, 9.17) is 14.2 Å². The van der Waals surface area contributed by atoms with Crippen molar-refractivity contribution in [2.75, 3.05) is 26.1 Å². The summed E-state index contributed by atoms with van der Waals surface area (Å²) >= 11 is 0. The maximum absolute atomic E-state index is 12.5. The van der Waals surface area contributed by atoms with E-state index in [1.807, 2.05) is 31.2 Å². The molecule has 0 spiro atoms. The molecule has 3 rings (SSSR count). The average molecular weight is 409 g/mol. The van der Waals surface area contributed by atoms with Crippen LogP contribution in [0.1, 0.15) is 6.92 Å². The molecule has 30 heavy (non-hydrogen) atoms. The summed E-state index contributed by atoms with van der Waals surface area (Å²) in [6.07, 6.45) is 0. The lowest BCUT2D eigenvalue weighted by atomic mass is 10.1. The second-order valence-electron chi connectivity index (χ2n) is 6.29. The van der Waals surface area contributed by atoms with Crippen LogP contribution in [-0.2, 0) is 11.3 Å². The SMILES string of the molecule is CCOc1ccc(-c2ccc(=O)n(CC(=O)Nc3ccc(OC)cc3OC)n2)cc1. The Labute approximate surface area is 174 Å². The van der Waals surface area contributed by atoms with Crippen LogP contribution in [0.4, 0.5) is 5.69 Å². The van der Waals surface area contributed by atoms with Crippen molar-refractivity contribution in [3.05, 3.63) is 65.0 Å². The van der Waals surface area contributed by atoms with Gasteiger partial charge in [0.2, 0.25) is 5.91 Å². The maximum Gasteiger partial charge on any atom is 0.267 e. The zero-order valence-electron chi connectivity index (χ0n) is 17.0. The molecule has 156 valence electrons. The number of nitrogens with zero attached hydrogens (tertiary/aromatic N) is 2. The van der Waals surface area contributed by atoms with Crippen molar-refractivity contribution < 1.29 is 19.0 Å². The summed E-state index contributed by atoms with van der Waals surface area (Å²) in [5, 5.41) is 7.05. The Kier molecular flexibility index (Phi) is 6.69. The van der Waals surface area contributed by atoms with Gasteiger partial charge in [-0.2, -0.15) is 5.10 Å². The summed E-state index contributed by atoms with van der Waals surface area (Å²) < 4.78 is 17.0. The van der Waals surface area contributed by atoms with Gasteiger partial charge in [0.15, 0.2) is 0 Å². The Hall–Kier alpha value is -3.81. The van der Waals surface area contributed by atoms with Gasteiger partial charge < -0.3 is 19.5 Å². The number of anilines is 1. The fourth-order valence-corrected chi connectivity index (χ4v) is 2.83. The topological polar surface area (TPSA) is 91.7 Å². The van der Waals surface area contributed by atoms with Crippen LogP contribution in [-0.4, -0.2) is 36.5 Å². The van der Waals surface area contributed by atoms with E-state index in [9.17, 15) is 9.59 Å². The van der Waals surface area contributed by atoms with Gasteiger partial charge in [0, 0.05) is 17.7 Å². The monoisotopic (exact) mass is 409 g/mol. The third-order valence-electron chi connectivity index (χ3n) is 4.30. The van der Waals surface area contributed by atoms with Crippen LogP contribution in [0.25, 0.3) is 11.3 Å². The van der Waals surface area contributed by atoms with E-state index in [-0.39, 0.29) is 12.1 Å². The number of ether oxygens (including phenoxy) is 3. The lowest BCUT2D eigenvalue weighted by Crippen LogP contribution is -2.29. The molecule has 8 nitrogen and oxygen atoms in total. The number of carbonyl (C=O) groups excluding carboxylic acids is 1. The van der Waals surface area contributed by atoms with Crippen LogP contribution in [0.3, 0.4) is 0 Å². The molecule has 0 unspecified atom stereocenters. The van der Waals surface area contributed by atoms with Gasteiger partial charge in [-0.15, -0.1) is 0 Å². The second kappa shape index (κ2) is 9.60. The molecular weight excluding hydrogens is 386 g/mol. The van der Waals surface area contributed by atoms with Crippen LogP contribution < -0.4 is 25.1 Å². The number of aromatic nitrogens is 2. The highest BCUT2D eigenvalue weighted by Gasteiger charge is 2.12. The van der Waals surface area contributed by atoms with Gasteiger partial charge in [-0.3, -0.25) is 9.59 Å². The predicted molar refractivity (Wildman–Crippen MR) is 113 cm³/mol. The van der Waals surface area contributed by atoms with Gasteiger partial charge in [-0.1, -0.05) is 0 Å². The zero-order chi connectivity index (χ0) is 21.5. The number of methoxy groups -OCH3 is 2. The first-order chi connectivity index (χ1) is 14.5. The standard InChI is InChI=1S/C22H23N3O5/c1-4-30-16-7-5-15(6-8-16)18-11-12-22(27)25(24-18)14-21(26)23-19-10-9-17(28-2)13-20(19)29-3/h5-13H,4,14H2,1-3H3,(H,23,26). The number of nitrogens with one attached hydrogen (secondary N) is 1. The normalized spacial score (nSPS) is 10.4. The zero-order valence-corrected chi connectivity index (χ0v) is 17.0. The molecule has 2 aromatic carbocycles. The summed E-state index contributed by atoms with van der Waals surface area (Å²) in [6, 6.07) is 15.4. The summed E-state index contributed by atoms with van der Waals surface area (Å²) in [4.78, 5) is 24.7.